The lowest BCUT2D eigenvalue weighted by Gasteiger charge is -2.34. The van der Waals surface area contributed by atoms with E-state index in [9.17, 15) is 14.5 Å². The first kappa shape index (κ1) is 20.4. The summed E-state index contributed by atoms with van der Waals surface area (Å²) in [7, 11) is 0. The molecule has 3 aromatic rings. The van der Waals surface area contributed by atoms with Crippen LogP contribution in [0.4, 0.5) is 10.1 Å². The number of halogens is 2. The van der Waals surface area contributed by atoms with Gasteiger partial charge in [0.15, 0.2) is 0 Å². The highest BCUT2D eigenvalue weighted by Crippen LogP contribution is 2.23. The minimum atomic E-state index is -0.452. The van der Waals surface area contributed by atoms with Crippen molar-refractivity contribution in [2.45, 2.75) is 13.1 Å². The zero-order chi connectivity index (χ0) is 21.1. The maximum absolute atomic E-state index is 13.2. The summed E-state index contributed by atoms with van der Waals surface area (Å²) in [5.74, 6) is 0.504. The summed E-state index contributed by atoms with van der Waals surface area (Å²) in [6, 6.07) is 10.5. The summed E-state index contributed by atoms with van der Waals surface area (Å²) in [5.41, 5.74) is 1.56. The van der Waals surface area contributed by atoms with Crippen LogP contribution in [-0.2, 0) is 13.1 Å². The van der Waals surface area contributed by atoms with E-state index < -0.39 is 4.92 Å². The van der Waals surface area contributed by atoms with Crippen molar-refractivity contribution in [3.8, 4) is 11.5 Å². The second-order valence-electron chi connectivity index (χ2n) is 7.09. The van der Waals surface area contributed by atoms with Gasteiger partial charge in [0.05, 0.1) is 11.5 Å². The minimum Gasteiger partial charge on any atom is -0.419 e. The zero-order valence-electron chi connectivity index (χ0n) is 16.0. The molecule has 0 amide bonds. The third-order valence-electron chi connectivity index (χ3n) is 5.02. The topological polar surface area (TPSA) is 88.5 Å². The van der Waals surface area contributed by atoms with Gasteiger partial charge >= 0.3 is 0 Å². The van der Waals surface area contributed by atoms with Crippen LogP contribution in [-0.4, -0.2) is 51.1 Å². The Hall–Kier alpha value is -2.88. The molecule has 10 heteroatoms. The fraction of sp³-hybridized carbons (Fsp3) is 0.300. The zero-order valence-corrected chi connectivity index (χ0v) is 16.8. The molecule has 0 unspecified atom stereocenters. The molecule has 0 saturated carbocycles. The maximum atomic E-state index is 13.2. The first-order valence-corrected chi connectivity index (χ1v) is 9.81. The normalized spacial score (nSPS) is 15.4. The Morgan fingerprint density at radius 1 is 1.03 bits per heavy atom. The minimum absolute atomic E-state index is 0.0123. The number of benzene rings is 2. The van der Waals surface area contributed by atoms with Gasteiger partial charge in [0.25, 0.3) is 5.69 Å². The van der Waals surface area contributed by atoms with Crippen molar-refractivity contribution < 1.29 is 13.7 Å². The Morgan fingerprint density at radius 2 is 1.70 bits per heavy atom. The molecule has 8 nitrogen and oxygen atoms in total. The molecule has 1 fully saturated rings. The number of non-ortho nitro benzene ring substituents is 1. The van der Waals surface area contributed by atoms with E-state index in [1.165, 1.54) is 24.3 Å². The first-order valence-electron chi connectivity index (χ1n) is 9.44. The molecule has 1 aromatic heterocycles. The maximum Gasteiger partial charge on any atom is 0.269 e. The Labute approximate surface area is 177 Å². The Balaban J connectivity index is 1.30. The van der Waals surface area contributed by atoms with E-state index in [0.29, 0.717) is 35.5 Å². The highest BCUT2D eigenvalue weighted by atomic mass is 35.5. The standard InChI is InChI=1S/C20H19ClFN5O3/c21-18-11-16(22)4-1-15(18)12-25-7-9-26(10-8-25)13-19-23-24-20(30-19)14-2-5-17(6-3-14)27(28)29/h1-6,11H,7-10,12-13H2. The van der Waals surface area contributed by atoms with Crippen molar-refractivity contribution in [3.63, 3.8) is 0 Å². The van der Waals surface area contributed by atoms with Crippen LogP contribution in [0.1, 0.15) is 11.5 Å². The molecular formula is C20H19ClFN5O3. The number of aromatic nitrogens is 2. The SMILES string of the molecule is O=[N+]([O-])c1ccc(-c2nnc(CN3CCN(Cc4ccc(F)cc4Cl)CC3)o2)cc1. The second kappa shape index (κ2) is 8.86. The van der Waals surface area contributed by atoms with Gasteiger partial charge in [0.1, 0.15) is 5.82 Å². The fourth-order valence-corrected chi connectivity index (χ4v) is 3.57. The summed E-state index contributed by atoms with van der Waals surface area (Å²) in [4.78, 5) is 14.8. The Morgan fingerprint density at radius 3 is 2.33 bits per heavy atom. The number of hydrogen-bond donors (Lipinski definition) is 0. The molecule has 2 aromatic carbocycles. The highest BCUT2D eigenvalue weighted by Gasteiger charge is 2.20. The van der Waals surface area contributed by atoms with E-state index in [1.807, 2.05) is 0 Å². The third-order valence-corrected chi connectivity index (χ3v) is 5.38. The van der Waals surface area contributed by atoms with Crippen molar-refractivity contribution in [1.29, 1.82) is 0 Å². The predicted octanol–water partition coefficient (Wildman–Crippen LogP) is 3.76. The monoisotopic (exact) mass is 431 g/mol. The largest absolute Gasteiger partial charge is 0.419 e. The van der Waals surface area contributed by atoms with Crippen LogP contribution in [0.15, 0.2) is 46.9 Å². The van der Waals surface area contributed by atoms with Gasteiger partial charge in [-0.3, -0.25) is 19.9 Å². The average molecular weight is 432 g/mol. The molecule has 0 spiro atoms. The molecule has 4 rings (SSSR count). The molecular weight excluding hydrogens is 413 g/mol. The van der Waals surface area contributed by atoms with Crippen LogP contribution in [0.2, 0.25) is 5.02 Å². The van der Waals surface area contributed by atoms with Gasteiger partial charge in [-0.15, -0.1) is 10.2 Å². The van der Waals surface area contributed by atoms with E-state index in [1.54, 1.807) is 18.2 Å². The molecule has 1 aliphatic heterocycles. The Bertz CT molecular complexity index is 1040. The lowest BCUT2D eigenvalue weighted by atomic mass is 10.2. The van der Waals surface area contributed by atoms with E-state index in [0.717, 1.165) is 31.7 Å². The van der Waals surface area contributed by atoms with E-state index >= 15 is 0 Å². The van der Waals surface area contributed by atoms with Crippen molar-refractivity contribution in [3.05, 3.63) is 74.9 Å². The van der Waals surface area contributed by atoms with Gasteiger partial charge in [0, 0.05) is 55.4 Å². The first-order chi connectivity index (χ1) is 14.5. The summed E-state index contributed by atoms with van der Waals surface area (Å²) in [5, 5.41) is 19.3. The van der Waals surface area contributed by atoms with Gasteiger partial charge < -0.3 is 4.42 Å². The molecule has 30 heavy (non-hydrogen) atoms. The van der Waals surface area contributed by atoms with E-state index in [2.05, 4.69) is 20.0 Å². The molecule has 0 aliphatic carbocycles. The van der Waals surface area contributed by atoms with Crippen LogP contribution in [0.5, 0.6) is 0 Å². The van der Waals surface area contributed by atoms with Crippen LogP contribution in [0, 0.1) is 15.9 Å². The molecule has 0 atom stereocenters. The number of nitro groups is 1. The van der Waals surface area contributed by atoms with Crippen molar-refractivity contribution >= 4 is 17.3 Å². The Kier molecular flexibility index (Phi) is 6.03. The summed E-state index contributed by atoms with van der Waals surface area (Å²) < 4.78 is 18.9. The highest BCUT2D eigenvalue weighted by molar-refractivity contribution is 6.31. The summed E-state index contributed by atoms with van der Waals surface area (Å²) in [6.07, 6.45) is 0. The average Bonchev–Trinajstić information content (AvgIpc) is 3.20. The van der Waals surface area contributed by atoms with E-state index in [4.69, 9.17) is 16.0 Å². The van der Waals surface area contributed by atoms with E-state index in [-0.39, 0.29) is 11.5 Å². The lowest BCUT2D eigenvalue weighted by molar-refractivity contribution is -0.384. The van der Waals surface area contributed by atoms with Crippen molar-refractivity contribution in [2.75, 3.05) is 26.2 Å². The number of rotatable bonds is 6. The molecule has 0 N–H and O–H groups in total. The molecule has 2 heterocycles. The van der Waals surface area contributed by atoms with Gasteiger partial charge in [-0.25, -0.2) is 4.39 Å². The molecule has 156 valence electrons. The predicted molar refractivity (Wildman–Crippen MR) is 108 cm³/mol. The second-order valence-corrected chi connectivity index (χ2v) is 7.50. The quantitative estimate of drug-likeness (QED) is 0.433. The van der Waals surface area contributed by atoms with Gasteiger partial charge in [-0.2, -0.15) is 0 Å². The molecule has 0 radical (unpaired) electrons. The lowest BCUT2D eigenvalue weighted by Crippen LogP contribution is -2.45. The van der Waals surface area contributed by atoms with Gasteiger partial charge in [-0.1, -0.05) is 17.7 Å². The molecule has 1 saturated heterocycles. The number of nitrogens with zero attached hydrogens (tertiary/aromatic N) is 5. The van der Waals surface area contributed by atoms with Gasteiger partial charge in [0.2, 0.25) is 11.8 Å². The number of hydrogen-bond acceptors (Lipinski definition) is 7. The smallest absolute Gasteiger partial charge is 0.269 e. The third kappa shape index (κ3) is 4.81. The van der Waals surface area contributed by atoms with Crippen molar-refractivity contribution in [2.24, 2.45) is 0 Å². The number of piperazine rings is 1. The van der Waals surface area contributed by atoms with Crippen LogP contribution < -0.4 is 0 Å². The number of nitro benzene ring substituents is 1. The fourth-order valence-electron chi connectivity index (χ4n) is 3.35. The molecule has 0 bridgehead atoms. The van der Waals surface area contributed by atoms with Crippen LogP contribution >= 0.6 is 11.6 Å². The van der Waals surface area contributed by atoms with Crippen molar-refractivity contribution in [1.82, 2.24) is 20.0 Å². The summed E-state index contributed by atoms with van der Waals surface area (Å²) >= 11 is 6.12. The molecule has 1 aliphatic rings. The van der Waals surface area contributed by atoms with Gasteiger partial charge in [-0.05, 0) is 29.8 Å². The van der Waals surface area contributed by atoms with Crippen LogP contribution in [0.3, 0.4) is 0 Å². The van der Waals surface area contributed by atoms with Crippen LogP contribution in [0.25, 0.3) is 11.5 Å². The summed E-state index contributed by atoms with van der Waals surface area (Å²) in [6.45, 7) is 4.55.